The zero-order valence-electron chi connectivity index (χ0n) is 10.1. The molecule has 0 radical (unpaired) electrons. The van der Waals surface area contributed by atoms with Crippen LogP contribution in [0.5, 0.6) is 0 Å². The lowest BCUT2D eigenvalue weighted by atomic mass is 10.1. The highest BCUT2D eigenvalue weighted by Gasteiger charge is 2.24. The van der Waals surface area contributed by atoms with Crippen LogP contribution in [0.4, 0.5) is 0 Å². The van der Waals surface area contributed by atoms with Gasteiger partial charge in [0.1, 0.15) is 0 Å². The predicted octanol–water partition coefficient (Wildman–Crippen LogP) is 0.944. The van der Waals surface area contributed by atoms with Crippen molar-refractivity contribution >= 4 is 21.4 Å². The van der Waals surface area contributed by atoms with Gasteiger partial charge in [-0.1, -0.05) is 0 Å². The Morgan fingerprint density at radius 2 is 2.18 bits per heavy atom. The summed E-state index contributed by atoms with van der Waals surface area (Å²) >= 11 is 1.22. The van der Waals surface area contributed by atoms with Gasteiger partial charge in [0.25, 0.3) is 0 Å². The molecule has 0 saturated heterocycles. The van der Waals surface area contributed by atoms with E-state index in [4.69, 9.17) is 9.84 Å². The summed E-state index contributed by atoms with van der Waals surface area (Å²) in [6, 6.07) is 1.48. The molecule has 1 rings (SSSR count). The number of hydrogen-bond acceptors (Lipinski definition) is 5. The summed E-state index contributed by atoms with van der Waals surface area (Å²) < 4.78 is 31.5. The van der Waals surface area contributed by atoms with Crippen molar-refractivity contribution in [1.82, 2.24) is 4.72 Å². The predicted molar refractivity (Wildman–Crippen MR) is 66.5 cm³/mol. The minimum absolute atomic E-state index is 0.136. The van der Waals surface area contributed by atoms with E-state index >= 15 is 0 Å². The molecule has 5 nitrogen and oxygen atoms in total. The fourth-order valence-corrected chi connectivity index (χ4v) is 3.59. The Bertz CT molecular complexity index is 464. The maximum atomic E-state index is 12.0. The molecule has 0 saturated carbocycles. The molecule has 0 aliphatic rings. The maximum absolute atomic E-state index is 12.0. The minimum atomic E-state index is -3.58. The van der Waals surface area contributed by atoms with Crippen LogP contribution in [0.15, 0.2) is 16.3 Å². The van der Waals surface area contributed by atoms with E-state index < -0.39 is 15.6 Å². The Kier molecular flexibility index (Phi) is 4.68. The van der Waals surface area contributed by atoms with Gasteiger partial charge in [-0.2, -0.15) is 0 Å². The molecule has 17 heavy (non-hydrogen) atoms. The second-order valence-corrected chi connectivity index (χ2v) is 6.89. The lowest BCUT2D eigenvalue weighted by Crippen LogP contribution is -2.39. The summed E-state index contributed by atoms with van der Waals surface area (Å²) in [5.41, 5.74) is -0.567. The molecule has 2 N–H and O–H groups in total. The Hall–Kier alpha value is -0.470. The van der Waals surface area contributed by atoms with Crippen LogP contribution in [0, 0.1) is 0 Å². The molecule has 0 aromatic carbocycles. The number of aliphatic hydroxyl groups excluding tert-OH is 1. The Labute approximate surface area is 105 Å². The van der Waals surface area contributed by atoms with Gasteiger partial charge in [0.15, 0.2) is 0 Å². The number of ether oxygens (including phenoxy) is 1. The molecule has 0 fully saturated rings. The van der Waals surface area contributed by atoms with Crippen LogP contribution in [0.2, 0.25) is 0 Å². The molecule has 0 amide bonds. The molecule has 0 spiro atoms. The Balaban J connectivity index is 2.83. The monoisotopic (exact) mass is 279 g/mol. The number of thiophene rings is 1. The molecule has 1 aromatic rings. The van der Waals surface area contributed by atoms with E-state index in [1.807, 2.05) is 0 Å². The van der Waals surface area contributed by atoms with Crippen molar-refractivity contribution in [3.63, 3.8) is 0 Å². The van der Waals surface area contributed by atoms with Crippen molar-refractivity contribution in [1.29, 1.82) is 0 Å². The Morgan fingerprint density at radius 3 is 2.71 bits per heavy atom. The zero-order valence-corrected chi connectivity index (χ0v) is 11.7. The van der Waals surface area contributed by atoms with Crippen molar-refractivity contribution in [3.05, 3.63) is 16.3 Å². The average Bonchev–Trinajstić information content (AvgIpc) is 2.75. The lowest BCUT2D eigenvalue weighted by molar-refractivity contribution is 0.0276. The molecule has 0 aliphatic heterocycles. The highest BCUT2D eigenvalue weighted by molar-refractivity contribution is 7.89. The smallest absolute Gasteiger partial charge is 0.241 e. The SMILES string of the molecule is COC(C)(C)CNS(=O)(=O)c1ccsc1CO. The first-order valence-electron chi connectivity index (χ1n) is 5.04. The van der Waals surface area contributed by atoms with Gasteiger partial charge in [-0.25, -0.2) is 13.1 Å². The van der Waals surface area contributed by atoms with E-state index in [0.29, 0.717) is 4.88 Å². The molecule has 0 aliphatic carbocycles. The molecular formula is C10H17NO4S2. The molecule has 0 bridgehead atoms. The fourth-order valence-electron chi connectivity index (χ4n) is 1.10. The number of methoxy groups -OCH3 is 1. The van der Waals surface area contributed by atoms with E-state index in [0.717, 1.165) is 0 Å². The standard InChI is InChI=1S/C10H17NO4S2/c1-10(2,15-3)7-11-17(13,14)9-4-5-16-8(9)6-12/h4-5,11-12H,6-7H2,1-3H3. The minimum Gasteiger partial charge on any atom is -0.391 e. The molecule has 1 heterocycles. The molecule has 0 unspecified atom stereocenters. The van der Waals surface area contributed by atoms with Crippen LogP contribution >= 0.6 is 11.3 Å². The third-order valence-electron chi connectivity index (χ3n) is 2.38. The van der Waals surface area contributed by atoms with Crippen molar-refractivity contribution in [2.24, 2.45) is 0 Å². The van der Waals surface area contributed by atoms with Crippen LogP contribution in [0.25, 0.3) is 0 Å². The van der Waals surface area contributed by atoms with Gasteiger partial charge < -0.3 is 9.84 Å². The van der Waals surface area contributed by atoms with E-state index in [2.05, 4.69) is 4.72 Å². The van der Waals surface area contributed by atoms with Crippen molar-refractivity contribution < 1.29 is 18.3 Å². The van der Waals surface area contributed by atoms with Crippen LogP contribution in [0.3, 0.4) is 0 Å². The van der Waals surface area contributed by atoms with Gasteiger partial charge in [-0.15, -0.1) is 11.3 Å². The van der Waals surface area contributed by atoms with Gasteiger partial charge in [0, 0.05) is 18.5 Å². The number of aliphatic hydroxyl groups is 1. The molecule has 0 atom stereocenters. The first kappa shape index (κ1) is 14.6. The third-order valence-corrected chi connectivity index (χ3v) is 4.90. The van der Waals surface area contributed by atoms with Crippen LogP contribution in [-0.2, 0) is 21.4 Å². The van der Waals surface area contributed by atoms with E-state index in [-0.39, 0.29) is 18.0 Å². The van der Waals surface area contributed by atoms with Crippen LogP contribution < -0.4 is 4.72 Å². The highest BCUT2D eigenvalue weighted by Crippen LogP contribution is 2.22. The number of nitrogens with one attached hydrogen (secondary N) is 1. The summed E-state index contributed by atoms with van der Waals surface area (Å²) in [5, 5.41) is 10.7. The molecular weight excluding hydrogens is 262 g/mol. The van der Waals surface area contributed by atoms with Crippen LogP contribution in [-0.4, -0.2) is 32.8 Å². The normalized spacial score (nSPS) is 12.9. The second kappa shape index (κ2) is 5.45. The van der Waals surface area contributed by atoms with Gasteiger partial charge in [-0.3, -0.25) is 0 Å². The third kappa shape index (κ3) is 3.75. The summed E-state index contributed by atoms with van der Waals surface area (Å²) in [7, 11) is -2.06. The fraction of sp³-hybridized carbons (Fsp3) is 0.600. The van der Waals surface area contributed by atoms with Gasteiger partial charge >= 0.3 is 0 Å². The Morgan fingerprint density at radius 1 is 1.53 bits per heavy atom. The van der Waals surface area contributed by atoms with Crippen molar-refractivity contribution in [3.8, 4) is 0 Å². The zero-order chi connectivity index (χ0) is 13.1. The summed E-state index contributed by atoms with van der Waals surface area (Å²) in [5.74, 6) is 0. The lowest BCUT2D eigenvalue weighted by Gasteiger charge is -2.23. The van der Waals surface area contributed by atoms with Gasteiger partial charge in [0.05, 0.1) is 17.1 Å². The summed E-state index contributed by atoms with van der Waals surface area (Å²) in [4.78, 5) is 0.574. The van der Waals surface area contributed by atoms with Crippen molar-refractivity contribution in [2.45, 2.75) is 31.0 Å². The van der Waals surface area contributed by atoms with E-state index in [1.54, 1.807) is 19.2 Å². The average molecular weight is 279 g/mol. The number of hydrogen-bond donors (Lipinski definition) is 2. The van der Waals surface area contributed by atoms with Crippen molar-refractivity contribution in [2.75, 3.05) is 13.7 Å². The number of sulfonamides is 1. The van der Waals surface area contributed by atoms with Gasteiger partial charge in [-0.05, 0) is 25.3 Å². The first-order valence-corrected chi connectivity index (χ1v) is 7.41. The number of rotatable bonds is 6. The molecule has 98 valence electrons. The summed E-state index contributed by atoms with van der Waals surface area (Å²) in [6.45, 7) is 3.47. The molecule has 7 heteroatoms. The van der Waals surface area contributed by atoms with Crippen LogP contribution in [0.1, 0.15) is 18.7 Å². The van der Waals surface area contributed by atoms with E-state index in [1.165, 1.54) is 24.5 Å². The second-order valence-electron chi connectivity index (χ2n) is 4.15. The highest BCUT2D eigenvalue weighted by atomic mass is 32.2. The quantitative estimate of drug-likeness (QED) is 0.812. The van der Waals surface area contributed by atoms with E-state index in [9.17, 15) is 8.42 Å². The first-order chi connectivity index (χ1) is 7.82. The largest absolute Gasteiger partial charge is 0.391 e. The maximum Gasteiger partial charge on any atom is 0.241 e. The summed E-state index contributed by atoms with van der Waals surface area (Å²) in [6.07, 6.45) is 0. The van der Waals surface area contributed by atoms with Gasteiger partial charge in [0.2, 0.25) is 10.0 Å². The molecule has 1 aromatic heterocycles. The topological polar surface area (TPSA) is 75.6 Å².